The molecule has 8 nitrogen and oxygen atoms in total. The quantitative estimate of drug-likeness (QED) is 0.299. The number of hydrogen-bond acceptors (Lipinski definition) is 7. The molecule has 0 radical (unpaired) electrons. The van der Waals surface area contributed by atoms with Crippen LogP contribution in [0.2, 0.25) is 0 Å². The number of rotatable bonds is 8. The minimum Gasteiger partial charge on any atom is -0.360 e. The maximum absolute atomic E-state index is 13.4. The van der Waals surface area contributed by atoms with Gasteiger partial charge in [0.1, 0.15) is 11.6 Å². The van der Waals surface area contributed by atoms with Gasteiger partial charge in [-0.2, -0.15) is 0 Å². The third kappa shape index (κ3) is 5.14. The van der Waals surface area contributed by atoms with Crippen LogP contribution in [-0.2, 0) is 4.79 Å². The minimum atomic E-state index is -0.480. The van der Waals surface area contributed by atoms with Crippen LogP contribution in [0.25, 0.3) is 16.7 Å². The maximum Gasteiger partial charge on any atom is 0.267 e. The number of carbonyl (C=O) groups is 1. The van der Waals surface area contributed by atoms with Gasteiger partial charge in [0.2, 0.25) is 5.91 Å². The van der Waals surface area contributed by atoms with Crippen molar-refractivity contribution in [3.05, 3.63) is 70.3 Å². The number of aryl methyl sites for hydroxylation is 2. The van der Waals surface area contributed by atoms with Gasteiger partial charge in [-0.1, -0.05) is 54.9 Å². The molecule has 9 heteroatoms. The Hall–Kier alpha value is -3.46. The van der Waals surface area contributed by atoms with Crippen molar-refractivity contribution >= 4 is 34.4 Å². The van der Waals surface area contributed by atoms with Crippen LogP contribution < -0.4 is 10.9 Å². The highest BCUT2D eigenvalue weighted by atomic mass is 32.2. The van der Waals surface area contributed by atoms with E-state index in [1.54, 1.807) is 37.4 Å². The molecule has 0 aliphatic carbocycles. The van der Waals surface area contributed by atoms with Crippen LogP contribution in [0.15, 0.2) is 63.1 Å². The fourth-order valence-corrected chi connectivity index (χ4v) is 4.52. The number of pyridine rings is 1. The zero-order valence-electron chi connectivity index (χ0n) is 18.7. The van der Waals surface area contributed by atoms with E-state index in [1.807, 2.05) is 25.1 Å². The Morgan fingerprint density at radius 3 is 2.73 bits per heavy atom. The van der Waals surface area contributed by atoms with Gasteiger partial charge in [-0.3, -0.25) is 9.59 Å². The minimum absolute atomic E-state index is 0.215. The molecular weight excluding hydrogens is 438 g/mol. The first-order chi connectivity index (χ1) is 16.0. The molecule has 4 aromatic rings. The number of nitrogens with one attached hydrogen (secondary N) is 1. The molecule has 1 amide bonds. The lowest BCUT2D eigenvalue weighted by Gasteiger charge is -2.18. The smallest absolute Gasteiger partial charge is 0.267 e. The third-order valence-electron chi connectivity index (χ3n) is 5.11. The monoisotopic (exact) mass is 463 g/mol. The highest BCUT2D eigenvalue weighted by molar-refractivity contribution is 8.00. The molecular formula is C24H25N5O3S. The standard InChI is InChI=1S/C24H25N5O3S/c1-4-5-10-19(22(30)27-20-13-16(3)32-28-20)33-24-26-18-9-7-6-8-17(18)23(31)29(24)21-12-11-15(2)14-25-21/h6-9,11-14,19H,4-5,10H2,1-3H3,(H,27,28,30)/t19-/m1/s1. The third-order valence-corrected chi connectivity index (χ3v) is 6.33. The van der Waals surface area contributed by atoms with Crippen molar-refractivity contribution in [3.8, 4) is 5.82 Å². The fraction of sp³-hybridized carbons (Fsp3) is 0.292. The Morgan fingerprint density at radius 2 is 2.03 bits per heavy atom. The summed E-state index contributed by atoms with van der Waals surface area (Å²) in [5.74, 6) is 1.22. The Bertz CT molecular complexity index is 1330. The van der Waals surface area contributed by atoms with E-state index in [4.69, 9.17) is 9.51 Å². The molecule has 0 bridgehead atoms. The van der Waals surface area contributed by atoms with Crippen LogP contribution >= 0.6 is 11.8 Å². The average molecular weight is 464 g/mol. The molecule has 3 heterocycles. The SMILES string of the molecule is CCCC[C@@H](Sc1nc2ccccc2c(=O)n1-c1ccc(C)cn1)C(=O)Nc1cc(C)on1. The van der Waals surface area contributed by atoms with E-state index in [0.717, 1.165) is 18.4 Å². The summed E-state index contributed by atoms with van der Waals surface area (Å²) in [6.07, 6.45) is 4.11. The van der Waals surface area contributed by atoms with Crippen molar-refractivity contribution in [2.45, 2.75) is 50.4 Å². The van der Waals surface area contributed by atoms with Crippen molar-refractivity contribution in [1.82, 2.24) is 19.7 Å². The van der Waals surface area contributed by atoms with Crippen molar-refractivity contribution in [3.63, 3.8) is 0 Å². The van der Waals surface area contributed by atoms with Crippen LogP contribution in [0.3, 0.4) is 0 Å². The Kier molecular flexibility index (Phi) is 6.88. The first kappa shape index (κ1) is 22.7. The number of thioether (sulfide) groups is 1. The van der Waals surface area contributed by atoms with Crippen LogP contribution in [0.5, 0.6) is 0 Å². The van der Waals surface area contributed by atoms with Gasteiger partial charge in [0.25, 0.3) is 5.56 Å². The van der Waals surface area contributed by atoms with E-state index in [1.165, 1.54) is 16.3 Å². The number of anilines is 1. The summed E-state index contributed by atoms with van der Waals surface area (Å²) >= 11 is 1.26. The summed E-state index contributed by atoms with van der Waals surface area (Å²) in [5, 5.41) is 7.11. The number of carbonyl (C=O) groups excluding carboxylic acids is 1. The van der Waals surface area contributed by atoms with Gasteiger partial charge in [0, 0.05) is 12.3 Å². The van der Waals surface area contributed by atoms with E-state index in [0.29, 0.717) is 39.9 Å². The second kappa shape index (κ2) is 9.99. The molecule has 0 fully saturated rings. The largest absolute Gasteiger partial charge is 0.360 e. The molecule has 1 N–H and O–H groups in total. The number of aromatic nitrogens is 4. The Labute approximate surface area is 195 Å². The molecule has 3 aromatic heterocycles. The molecule has 4 rings (SSSR count). The van der Waals surface area contributed by atoms with E-state index in [2.05, 4.69) is 22.4 Å². The number of para-hydroxylation sites is 1. The Morgan fingerprint density at radius 1 is 1.21 bits per heavy atom. The summed E-state index contributed by atoms with van der Waals surface area (Å²) in [4.78, 5) is 35.8. The first-order valence-electron chi connectivity index (χ1n) is 10.8. The number of fused-ring (bicyclic) bond motifs is 1. The van der Waals surface area contributed by atoms with Gasteiger partial charge in [0.05, 0.1) is 16.2 Å². The van der Waals surface area contributed by atoms with Crippen molar-refractivity contribution in [2.24, 2.45) is 0 Å². The van der Waals surface area contributed by atoms with E-state index < -0.39 is 5.25 Å². The highest BCUT2D eigenvalue weighted by Gasteiger charge is 2.25. The first-order valence-corrected chi connectivity index (χ1v) is 11.7. The summed E-state index contributed by atoms with van der Waals surface area (Å²) in [6, 6.07) is 12.5. The summed E-state index contributed by atoms with van der Waals surface area (Å²) < 4.78 is 6.54. The van der Waals surface area contributed by atoms with Crippen molar-refractivity contribution < 1.29 is 9.32 Å². The van der Waals surface area contributed by atoms with Crippen LogP contribution in [0.1, 0.15) is 37.5 Å². The normalized spacial score (nSPS) is 12.1. The Balaban J connectivity index is 1.76. The molecule has 170 valence electrons. The lowest BCUT2D eigenvalue weighted by Crippen LogP contribution is -2.28. The molecule has 0 unspecified atom stereocenters. The number of hydrogen-bond donors (Lipinski definition) is 1. The molecule has 0 aliphatic heterocycles. The predicted octanol–water partition coefficient (Wildman–Crippen LogP) is 4.68. The second-order valence-electron chi connectivity index (χ2n) is 7.81. The average Bonchev–Trinajstić information content (AvgIpc) is 3.22. The highest BCUT2D eigenvalue weighted by Crippen LogP contribution is 2.28. The summed E-state index contributed by atoms with van der Waals surface area (Å²) in [7, 11) is 0. The summed E-state index contributed by atoms with van der Waals surface area (Å²) in [5.41, 5.74) is 1.34. The van der Waals surface area contributed by atoms with Gasteiger partial charge >= 0.3 is 0 Å². The lowest BCUT2D eigenvalue weighted by molar-refractivity contribution is -0.115. The van der Waals surface area contributed by atoms with E-state index >= 15 is 0 Å². The van der Waals surface area contributed by atoms with Crippen LogP contribution in [-0.4, -0.2) is 30.8 Å². The zero-order chi connectivity index (χ0) is 23.4. The predicted molar refractivity (Wildman–Crippen MR) is 129 cm³/mol. The molecule has 1 atom stereocenters. The summed E-state index contributed by atoms with van der Waals surface area (Å²) in [6.45, 7) is 5.77. The maximum atomic E-state index is 13.4. The number of amides is 1. The molecule has 1 aromatic carbocycles. The molecule has 33 heavy (non-hydrogen) atoms. The molecule has 0 saturated carbocycles. The van der Waals surface area contributed by atoms with Crippen molar-refractivity contribution in [2.75, 3.05) is 5.32 Å². The zero-order valence-corrected chi connectivity index (χ0v) is 19.6. The van der Waals surface area contributed by atoms with Crippen molar-refractivity contribution in [1.29, 1.82) is 0 Å². The number of unbranched alkanes of at least 4 members (excludes halogenated alkanes) is 1. The fourth-order valence-electron chi connectivity index (χ4n) is 3.38. The molecule has 0 spiro atoms. The van der Waals surface area contributed by atoms with Gasteiger partial charge in [-0.25, -0.2) is 14.5 Å². The molecule has 0 aliphatic rings. The van der Waals surface area contributed by atoms with Gasteiger partial charge in [0.15, 0.2) is 11.0 Å². The second-order valence-corrected chi connectivity index (χ2v) is 8.98. The number of benzene rings is 1. The number of nitrogens with zero attached hydrogens (tertiary/aromatic N) is 4. The van der Waals surface area contributed by atoms with E-state index in [-0.39, 0.29) is 11.5 Å². The van der Waals surface area contributed by atoms with Gasteiger partial charge < -0.3 is 9.84 Å². The van der Waals surface area contributed by atoms with Gasteiger partial charge in [-0.15, -0.1) is 0 Å². The topological polar surface area (TPSA) is 103 Å². The van der Waals surface area contributed by atoms with E-state index in [9.17, 15) is 9.59 Å². The van der Waals surface area contributed by atoms with Crippen LogP contribution in [0.4, 0.5) is 5.82 Å². The molecule has 0 saturated heterocycles. The lowest BCUT2D eigenvalue weighted by atomic mass is 10.2. The van der Waals surface area contributed by atoms with Gasteiger partial charge in [-0.05, 0) is 44.0 Å². The van der Waals surface area contributed by atoms with Crippen LogP contribution in [0, 0.1) is 13.8 Å².